The summed E-state index contributed by atoms with van der Waals surface area (Å²) in [6, 6.07) is 10.6. The van der Waals surface area contributed by atoms with Gasteiger partial charge in [-0.2, -0.15) is 0 Å². The van der Waals surface area contributed by atoms with Crippen molar-refractivity contribution >= 4 is 10.8 Å². The highest BCUT2D eigenvalue weighted by Crippen LogP contribution is 2.27. The third-order valence-electron chi connectivity index (χ3n) is 3.82. The number of unbranched alkanes of at least 4 members (excludes halogenated alkanes) is 2. The molecule has 0 aliphatic rings. The van der Waals surface area contributed by atoms with E-state index in [4.69, 9.17) is 0 Å². The molecule has 1 N–H and O–H groups in total. The molecule has 0 saturated carbocycles. The van der Waals surface area contributed by atoms with Crippen LogP contribution in [0, 0.1) is 5.92 Å². The molecule has 0 amide bonds. The fourth-order valence-corrected chi connectivity index (χ4v) is 4.70. The molecule has 0 aromatic heterocycles. The normalized spacial score (nSPS) is 15.9. The van der Waals surface area contributed by atoms with E-state index in [1.165, 1.54) is 18.4 Å². The van der Waals surface area contributed by atoms with Crippen LogP contribution in [0.1, 0.15) is 58.6 Å². The quantitative estimate of drug-likeness (QED) is 0.653. The van der Waals surface area contributed by atoms with Crippen LogP contribution >= 0.6 is 0 Å². The Morgan fingerprint density at radius 1 is 1.10 bits per heavy atom. The fourth-order valence-electron chi connectivity index (χ4n) is 2.77. The van der Waals surface area contributed by atoms with Crippen molar-refractivity contribution in [3.63, 3.8) is 0 Å². The van der Waals surface area contributed by atoms with Gasteiger partial charge in [0.05, 0.1) is 5.25 Å². The molecule has 0 aliphatic heterocycles. The van der Waals surface area contributed by atoms with Crippen molar-refractivity contribution in [1.82, 2.24) is 5.32 Å². The SMILES string of the molecule is CCCCCS(=O)C(C(C)C)C(NCC)c1ccccc1. The predicted octanol–water partition coefficient (Wildman–Crippen LogP) is 4.30. The van der Waals surface area contributed by atoms with E-state index in [0.717, 1.165) is 18.7 Å². The minimum absolute atomic E-state index is 0.171. The maximum absolute atomic E-state index is 12.8. The summed E-state index contributed by atoms with van der Waals surface area (Å²) in [4.78, 5) is 0. The Bertz CT molecular complexity index is 405. The van der Waals surface area contributed by atoms with E-state index in [9.17, 15) is 4.21 Å². The van der Waals surface area contributed by atoms with Crippen LogP contribution in [0.4, 0.5) is 0 Å². The van der Waals surface area contributed by atoms with Crippen LogP contribution in [-0.2, 0) is 10.8 Å². The van der Waals surface area contributed by atoms with Crippen LogP contribution in [0.25, 0.3) is 0 Å². The lowest BCUT2D eigenvalue weighted by Gasteiger charge is -2.30. The third kappa shape index (κ3) is 5.91. The maximum atomic E-state index is 12.8. The second-order valence-electron chi connectivity index (χ2n) is 5.95. The van der Waals surface area contributed by atoms with E-state index in [2.05, 4.69) is 57.3 Å². The lowest BCUT2D eigenvalue weighted by Crippen LogP contribution is -2.39. The minimum atomic E-state index is -0.784. The van der Waals surface area contributed by atoms with Crippen LogP contribution in [0.15, 0.2) is 30.3 Å². The number of hydrogen-bond donors (Lipinski definition) is 1. The number of hydrogen-bond acceptors (Lipinski definition) is 2. The average molecular weight is 310 g/mol. The van der Waals surface area contributed by atoms with Gasteiger partial charge >= 0.3 is 0 Å². The Labute approximate surface area is 133 Å². The van der Waals surface area contributed by atoms with E-state index in [1.54, 1.807) is 0 Å². The largest absolute Gasteiger partial charge is 0.309 e. The van der Waals surface area contributed by atoms with Crippen LogP contribution in [0.5, 0.6) is 0 Å². The number of rotatable bonds is 10. The first-order chi connectivity index (χ1) is 10.1. The summed E-state index contributed by atoms with van der Waals surface area (Å²) < 4.78 is 12.8. The van der Waals surface area contributed by atoms with Crippen LogP contribution in [-0.4, -0.2) is 21.8 Å². The summed E-state index contributed by atoms with van der Waals surface area (Å²) in [6.07, 6.45) is 3.42. The van der Waals surface area contributed by atoms with Crippen molar-refractivity contribution in [2.75, 3.05) is 12.3 Å². The molecular formula is C18H31NOS. The van der Waals surface area contributed by atoms with Gasteiger partial charge in [-0.3, -0.25) is 4.21 Å². The summed E-state index contributed by atoms with van der Waals surface area (Å²) >= 11 is 0. The molecule has 3 atom stereocenters. The molecule has 0 saturated heterocycles. The van der Waals surface area contributed by atoms with Crippen LogP contribution in [0.3, 0.4) is 0 Å². The van der Waals surface area contributed by atoms with Crippen molar-refractivity contribution in [2.24, 2.45) is 5.92 Å². The molecule has 0 spiro atoms. The Kier molecular flexibility index (Phi) is 8.86. The lowest BCUT2D eigenvalue weighted by atomic mass is 9.96. The van der Waals surface area contributed by atoms with Gasteiger partial charge in [0.15, 0.2) is 0 Å². The lowest BCUT2D eigenvalue weighted by molar-refractivity contribution is 0.442. The molecule has 0 bridgehead atoms. The zero-order valence-electron chi connectivity index (χ0n) is 14.0. The second-order valence-corrected chi connectivity index (χ2v) is 7.66. The molecule has 3 unspecified atom stereocenters. The van der Waals surface area contributed by atoms with Gasteiger partial charge in [-0.1, -0.05) is 70.9 Å². The van der Waals surface area contributed by atoms with Gasteiger partial charge < -0.3 is 5.32 Å². The molecule has 3 heteroatoms. The van der Waals surface area contributed by atoms with Crippen molar-refractivity contribution < 1.29 is 4.21 Å². The number of benzene rings is 1. The molecule has 0 fully saturated rings. The molecule has 0 heterocycles. The van der Waals surface area contributed by atoms with Gasteiger partial charge in [-0.25, -0.2) is 0 Å². The van der Waals surface area contributed by atoms with Gasteiger partial charge in [0.1, 0.15) is 0 Å². The van der Waals surface area contributed by atoms with Crippen molar-refractivity contribution in [3.8, 4) is 0 Å². The van der Waals surface area contributed by atoms with E-state index in [1.807, 2.05) is 6.07 Å². The summed E-state index contributed by atoms with van der Waals surface area (Å²) in [5.41, 5.74) is 1.25. The van der Waals surface area contributed by atoms with E-state index in [-0.39, 0.29) is 11.3 Å². The average Bonchev–Trinajstić information content (AvgIpc) is 2.47. The zero-order valence-corrected chi connectivity index (χ0v) is 14.8. The van der Waals surface area contributed by atoms with Gasteiger partial charge in [0.2, 0.25) is 0 Å². The predicted molar refractivity (Wildman–Crippen MR) is 94.0 cm³/mol. The monoisotopic (exact) mass is 309 g/mol. The smallest absolute Gasteiger partial charge is 0.0565 e. The summed E-state index contributed by atoms with van der Waals surface area (Å²) in [7, 11) is -0.784. The van der Waals surface area contributed by atoms with Gasteiger partial charge in [-0.05, 0) is 24.4 Å². The summed E-state index contributed by atoms with van der Waals surface area (Å²) in [6.45, 7) is 9.59. The molecule has 1 aromatic carbocycles. The topological polar surface area (TPSA) is 29.1 Å². The van der Waals surface area contributed by atoms with Gasteiger partial charge in [-0.15, -0.1) is 0 Å². The van der Waals surface area contributed by atoms with Crippen molar-refractivity contribution in [3.05, 3.63) is 35.9 Å². The van der Waals surface area contributed by atoms with Crippen molar-refractivity contribution in [2.45, 2.75) is 58.2 Å². The third-order valence-corrected chi connectivity index (χ3v) is 5.94. The first-order valence-electron chi connectivity index (χ1n) is 8.27. The Morgan fingerprint density at radius 2 is 1.76 bits per heavy atom. The molecule has 21 heavy (non-hydrogen) atoms. The standard InChI is InChI=1S/C18H31NOS/c1-5-7-11-14-21(20)18(15(3)4)17(19-6-2)16-12-9-8-10-13-16/h8-10,12-13,15,17-19H,5-7,11,14H2,1-4H3. The molecule has 0 radical (unpaired) electrons. The Hall–Kier alpha value is -0.670. The first kappa shape index (κ1) is 18.4. The summed E-state index contributed by atoms with van der Waals surface area (Å²) in [5.74, 6) is 1.22. The van der Waals surface area contributed by atoms with E-state index >= 15 is 0 Å². The second kappa shape index (κ2) is 10.1. The fraction of sp³-hybridized carbons (Fsp3) is 0.667. The highest BCUT2D eigenvalue weighted by molar-refractivity contribution is 7.85. The van der Waals surface area contributed by atoms with Gasteiger partial charge in [0.25, 0.3) is 0 Å². The maximum Gasteiger partial charge on any atom is 0.0565 e. The van der Waals surface area contributed by atoms with E-state index < -0.39 is 10.8 Å². The zero-order chi connectivity index (χ0) is 15.7. The minimum Gasteiger partial charge on any atom is -0.309 e. The van der Waals surface area contributed by atoms with Crippen molar-refractivity contribution in [1.29, 1.82) is 0 Å². The molecular weight excluding hydrogens is 278 g/mol. The molecule has 1 aromatic rings. The van der Waals surface area contributed by atoms with Crippen LogP contribution < -0.4 is 5.32 Å². The first-order valence-corrected chi connectivity index (χ1v) is 9.65. The van der Waals surface area contributed by atoms with E-state index in [0.29, 0.717) is 5.92 Å². The molecule has 2 nitrogen and oxygen atoms in total. The molecule has 1 rings (SSSR count). The molecule has 120 valence electrons. The highest BCUT2D eigenvalue weighted by Gasteiger charge is 2.30. The van der Waals surface area contributed by atoms with Crippen LogP contribution in [0.2, 0.25) is 0 Å². The Morgan fingerprint density at radius 3 is 2.29 bits per heavy atom. The molecule has 0 aliphatic carbocycles. The summed E-state index contributed by atoms with van der Waals surface area (Å²) in [5, 5.41) is 3.73. The number of nitrogens with one attached hydrogen (secondary N) is 1. The Balaban J connectivity index is 2.90. The highest BCUT2D eigenvalue weighted by atomic mass is 32.2. The van der Waals surface area contributed by atoms with Gasteiger partial charge in [0, 0.05) is 22.6 Å².